The molecule has 1 heterocycles. The highest BCUT2D eigenvalue weighted by molar-refractivity contribution is 5.90. The summed E-state index contributed by atoms with van der Waals surface area (Å²) in [6.45, 7) is 7.28. The maximum atomic E-state index is 13.9. The molecule has 7 nitrogen and oxygen atoms in total. The first-order valence-corrected chi connectivity index (χ1v) is 13.3. The first kappa shape index (κ1) is 26.0. The summed E-state index contributed by atoms with van der Waals surface area (Å²) in [5, 5.41) is 2.10. The SMILES string of the molecule is CC(C)(C)OC(=O)N1CCOCC1C(=O)N(Cc1cc(OCc2ccccc2)c2ccccc2c1)C1CC1. The van der Waals surface area contributed by atoms with E-state index >= 15 is 0 Å². The minimum atomic E-state index is -0.701. The molecule has 2 amide bonds. The number of ether oxygens (including phenoxy) is 3. The molecule has 1 aliphatic heterocycles. The molecular formula is C31H36N2O5. The number of amides is 2. The van der Waals surface area contributed by atoms with Crippen molar-refractivity contribution in [3.05, 3.63) is 77.9 Å². The summed E-state index contributed by atoms with van der Waals surface area (Å²) < 4.78 is 17.5. The van der Waals surface area contributed by atoms with Gasteiger partial charge < -0.3 is 19.1 Å². The van der Waals surface area contributed by atoms with Gasteiger partial charge in [-0.25, -0.2) is 4.79 Å². The van der Waals surface area contributed by atoms with Crippen molar-refractivity contribution in [2.45, 2.75) is 64.4 Å². The van der Waals surface area contributed by atoms with E-state index in [0.29, 0.717) is 26.3 Å². The lowest BCUT2D eigenvalue weighted by Gasteiger charge is -2.38. The highest BCUT2D eigenvalue weighted by atomic mass is 16.6. The zero-order chi connectivity index (χ0) is 26.7. The monoisotopic (exact) mass is 516 g/mol. The van der Waals surface area contributed by atoms with E-state index in [9.17, 15) is 9.59 Å². The van der Waals surface area contributed by atoms with Gasteiger partial charge in [0.2, 0.25) is 5.91 Å². The van der Waals surface area contributed by atoms with E-state index in [2.05, 4.69) is 18.2 Å². The molecule has 0 bridgehead atoms. The Hall–Kier alpha value is -3.58. The molecule has 2 aliphatic rings. The normalized spacial score (nSPS) is 17.8. The van der Waals surface area contributed by atoms with E-state index in [1.807, 2.05) is 74.2 Å². The van der Waals surface area contributed by atoms with Crippen LogP contribution >= 0.6 is 0 Å². The summed E-state index contributed by atoms with van der Waals surface area (Å²) in [6, 6.07) is 21.8. The Morgan fingerprint density at radius 1 is 1.00 bits per heavy atom. The van der Waals surface area contributed by atoms with Gasteiger partial charge in [-0.3, -0.25) is 9.69 Å². The number of rotatable bonds is 7. The Morgan fingerprint density at radius 2 is 1.74 bits per heavy atom. The van der Waals surface area contributed by atoms with Crippen LogP contribution in [0.25, 0.3) is 10.8 Å². The number of carbonyl (C=O) groups excluding carboxylic acids is 2. The fraction of sp³-hybridized carbons (Fsp3) is 0.419. The highest BCUT2D eigenvalue weighted by Crippen LogP contribution is 2.33. The molecule has 38 heavy (non-hydrogen) atoms. The Balaban J connectivity index is 1.38. The lowest BCUT2D eigenvalue weighted by atomic mass is 10.0. The van der Waals surface area contributed by atoms with Gasteiger partial charge in [-0.15, -0.1) is 0 Å². The van der Waals surface area contributed by atoms with E-state index in [1.165, 1.54) is 4.90 Å². The molecule has 7 heteroatoms. The second-order valence-electron chi connectivity index (χ2n) is 11.1. The third kappa shape index (κ3) is 6.27. The third-order valence-electron chi connectivity index (χ3n) is 6.79. The van der Waals surface area contributed by atoms with Crippen LogP contribution < -0.4 is 4.74 Å². The minimum absolute atomic E-state index is 0.0991. The van der Waals surface area contributed by atoms with Gasteiger partial charge in [0.15, 0.2) is 0 Å². The summed E-state index contributed by atoms with van der Waals surface area (Å²) in [6.07, 6.45) is 1.44. The van der Waals surface area contributed by atoms with Crippen molar-refractivity contribution in [3.8, 4) is 5.75 Å². The quantitative estimate of drug-likeness (QED) is 0.412. The number of hydrogen-bond acceptors (Lipinski definition) is 5. The number of benzene rings is 3. The second-order valence-corrected chi connectivity index (χ2v) is 11.1. The van der Waals surface area contributed by atoms with Crippen molar-refractivity contribution in [1.82, 2.24) is 9.80 Å². The summed E-state index contributed by atoms with van der Waals surface area (Å²) in [7, 11) is 0. The maximum Gasteiger partial charge on any atom is 0.411 e. The molecule has 1 aliphatic carbocycles. The Kier molecular flexibility index (Phi) is 7.56. The zero-order valence-electron chi connectivity index (χ0n) is 22.4. The zero-order valence-corrected chi connectivity index (χ0v) is 22.4. The number of carbonyl (C=O) groups is 2. The van der Waals surface area contributed by atoms with E-state index in [1.54, 1.807) is 0 Å². The molecule has 1 atom stereocenters. The predicted molar refractivity (Wildman–Crippen MR) is 146 cm³/mol. The van der Waals surface area contributed by atoms with Crippen molar-refractivity contribution >= 4 is 22.8 Å². The Labute approximate surface area is 224 Å². The number of hydrogen-bond donors (Lipinski definition) is 0. The van der Waals surface area contributed by atoms with Crippen LogP contribution in [0.3, 0.4) is 0 Å². The summed E-state index contributed by atoms with van der Waals surface area (Å²) in [5.41, 5.74) is 1.45. The lowest BCUT2D eigenvalue weighted by molar-refractivity contribution is -0.144. The molecule has 2 fully saturated rings. The molecule has 200 valence electrons. The average Bonchev–Trinajstić information content (AvgIpc) is 3.75. The van der Waals surface area contributed by atoms with Gasteiger partial charge in [-0.1, -0.05) is 54.6 Å². The van der Waals surface area contributed by atoms with E-state index < -0.39 is 17.7 Å². The summed E-state index contributed by atoms with van der Waals surface area (Å²) in [4.78, 5) is 30.3. The van der Waals surface area contributed by atoms with Gasteiger partial charge in [0.25, 0.3) is 0 Å². The van der Waals surface area contributed by atoms with Gasteiger partial charge in [-0.2, -0.15) is 0 Å². The van der Waals surface area contributed by atoms with Gasteiger partial charge in [0, 0.05) is 24.5 Å². The van der Waals surface area contributed by atoms with Crippen LogP contribution in [0.4, 0.5) is 4.79 Å². The second kappa shape index (κ2) is 11.0. The Bertz CT molecular complexity index is 1280. The van der Waals surface area contributed by atoms with Crippen LogP contribution in [0.5, 0.6) is 5.75 Å². The van der Waals surface area contributed by atoms with Gasteiger partial charge in [0.05, 0.1) is 13.2 Å². The molecule has 1 saturated heterocycles. The van der Waals surface area contributed by atoms with Crippen molar-refractivity contribution in [2.24, 2.45) is 0 Å². The van der Waals surface area contributed by atoms with Crippen LogP contribution in [0.1, 0.15) is 44.7 Å². The topological polar surface area (TPSA) is 68.3 Å². The summed E-state index contributed by atoms with van der Waals surface area (Å²) in [5.74, 6) is 0.694. The highest BCUT2D eigenvalue weighted by Gasteiger charge is 2.42. The third-order valence-corrected chi connectivity index (χ3v) is 6.79. The maximum absolute atomic E-state index is 13.9. The molecule has 1 unspecified atom stereocenters. The van der Waals surface area contributed by atoms with Crippen LogP contribution in [0.2, 0.25) is 0 Å². The van der Waals surface area contributed by atoms with E-state index in [0.717, 1.165) is 40.5 Å². The van der Waals surface area contributed by atoms with Crippen molar-refractivity contribution in [3.63, 3.8) is 0 Å². The van der Waals surface area contributed by atoms with Gasteiger partial charge in [-0.05, 0) is 62.3 Å². The fourth-order valence-electron chi connectivity index (χ4n) is 4.79. The van der Waals surface area contributed by atoms with E-state index in [4.69, 9.17) is 14.2 Å². The first-order chi connectivity index (χ1) is 18.3. The van der Waals surface area contributed by atoms with Crippen molar-refractivity contribution < 1.29 is 23.8 Å². The number of fused-ring (bicyclic) bond motifs is 1. The molecular weight excluding hydrogens is 480 g/mol. The molecule has 3 aromatic rings. The first-order valence-electron chi connectivity index (χ1n) is 13.3. The molecule has 0 radical (unpaired) electrons. The van der Waals surface area contributed by atoms with Crippen molar-refractivity contribution in [1.29, 1.82) is 0 Å². The largest absolute Gasteiger partial charge is 0.488 e. The van der Waals surface area contributed by atoms with E-state index in [-0.39, 0.29) is 18.6 Å². The lowest BCUT2D eigenvalue weighted by Crippen LogP contribution is -2.57. The standard InChI is InChI=1S/C31H36N2O5/c1-31(2,3)38-30(35)32-15-16-36-21-27(32)29(34)33(25-13-14-25)19-23-17-24-11-7-8-12-26(24)28(18-23)37-20-22-9-5-4-6-10-22/h4-12,17-18,25,27H,13-16,19-21H2,1-3H3. The van der Waals surface area contributed by atoms with Gasteiger partial charge in [0.1, 0.15) is 24.0 Å². The number of morpholine rings is 1. The smallest absolute Gasteiger partial charge is 0.411 e. The molecule has 1 saturated carbocycles. The molecule has 0 spiro atoms. The van der Waals surface area contributed by atoms with Crippen molar-refractivity contribution in [2.75, 3.05) is 19.8 Å². The van der Waals surface area contributed by atoms with Gasteiger partial charge >= 0.3 is 6.09 Å². The van der Waals surface area contributed by atoms with Crippen LogP contribution in [0, 0.1) is 0 Å². The predicted octanol–water partition coefficient (Wildman–Crippen LogP) is 5.55. The van der Waals surface area contributed by atoms with Crippen LogP contribution in [-0.2, 0) is 27.4 Å². The summed E-state index contributed by atoms with van der Waals surface area (Å²) >= 11 is 0. The van der Waals surface area contributed by atoms with Crippen LogP contribution in [-0.4, -0.2) is 59.2 Å². The van der Waals surface area contributed by atoms with Crippen LogP contribution in [0.15, 0.2) is 66.7 Å². The fourth-order valence-corrected chi connectivity index (χ4v) is 4.79. The number of nitrogens with zero attached hydrogens (tertiary/aromatic N) is 2. The molecule has 5 rings (SSSR count). The Morgan fingerprint density at radius 3 is 2.47 bits per heavy atom. The molecule has 0 aromatic heterocycles. The minimum Gasteiger partial charge on any atom is -0.488 e. The molecule has 3 aromatic carbocycles. The molecule has 0 N–H and O–H groups in total. The average molecular weight is 517 g/mol.